The highest BCUT2D eigenvalue weighted by atomic mass is 16.6. The van der Waals surface area contributed by atoms with Gasteiger partial charge in [-0.25, -0.2) is 4.79 Å². The van der Waals surface area contributed by atoms with Crippen LogP contribution in [0.1, 0.15) is 24.6 Å². The lowest BCUT2D eigenvalue weighted by atomic mass is 9.82. The molecule has 1 aliphatic carbocycles. The summed E-state index contributed by atoms with van der Waals surface area (Å²) in [5.41, 5.74) is 4.87. The highest BCUT2D eigenvalue weighted by molar-refractivity contribution is 5.64. The molecule has 0 radical (unpaired) electrons. The van der Waals surface area contributed by atoms with Gasteiger partial charge in [-0.2, -0.15) is 0 Å². The lowest BCUT2D eigenvalue weighted by Gasteiger charge is -2.32. The van der Waals surface area contributed by atoms with Crippen molar-refractivity contribution in [3.8, 4) is 0 Å². The second-order valence-corrected chi connectivity index (χ2v) is 3.10. The molecule has 0 saturated heterocycles. The summed E-state index contributed by atoms with van der Waals surface area (Å²) in [4.78, 5) is 13.3. The number of amides is 1. The summed E-state index contributed by atoms with van der Waals surface area (Å²) < 4.78 is 4.79. The van der Waals surface area contributed by atoms with Crippen molar-refractivity contribution in [2.24, 2.45) is 5.73 Å². The molecular weight excluding hydrogens is 172 g/mol. The molecule has 0 unspecified atom stereocenters. The Labute approximate surface area is 74.5 Å². The van der Waals surface area contributed by atoms with Gasteiger partial charge in [-0.1, -0.05) is 0 Å². The van der Waals surface area contributed by atoms with Gasteiger partial charge in [-0.05, 0) is 12.8 Å². The summed E-state index contributed by atoms with van der Waals surface area (Å²) in [6.45, 7) is 0. The number of nitrogens with one attached hydrogen (secondary N) is 1. The maximum Gasteiger partial charge on any atom is 0.404 e. The maximum absolute atomic E-state index is 10.4. The second-order valence-electron chi connectivity index (χ2n) is 3.10. The Morgan fingerprint density at radius 2 is 2.46 bits per heavy atom. The first-order chi connectivity index (χ1) is 6.25. The van der Waals surface area contributed by atoms with E-state index in [1.54, 1.807) is 0 Å². The first-order valence-corrected chi connectivity index (χ1v) is 4.07. The van der Waals surface area contributed by atoms with Gasteiger partial charge < -0.3 is 15.5 Å². The summed E-state index contributed by atoms with van der Waals surface area (Å²) in [5, 5.41) is 7.55. The summed E-state index contributed by atoms with van der Waals surface area (Å²) >= 11 is 0. The quantitative estimate of drug-likeness (QED) is 0.680. The summed E-state index contributed by atoms with van der Waals surface area (Å²) in [5.74, 6) is 1.18. The van der Waals surface area contributed by atoms with Crippen molar-refractivity contribution in [1.29, 1.82) is 0 Å². The topological polar surface area (TPSA) is 93.9 Å². The van der Waals surface area contributed by atoms with Crippen LogP contribution in [0.3, 0.4) is 0 Å². The van der Waals surface area contributed by atoms with Crippen LogP contribution in [0.4, 0.5) is 4.79 Å². The first-order valence-electron chi connectivity index (χ1n) is 4.07. The monoisotopic (exact) mass is 182 g/mol. The molecule has 0 bridgehead atoms. The van der Waals surface area contributed by atoms with Gasteiger partial charge in [0.2, 0.25) is 0 Å². The molecule has 1 heterocycles. The summed E-state index contributed by atoms with van der Waals surface area (Å²) in [7, 11) is 0. The van der Waals surface area contributed by atoms with Gasteiger partial charge in [0.05, 0.1) is 0 Å². The Hall–Kier alpha value is -1.59. The normalized spacial score (nSPS) is 26.5. The number of aromatic nitrogens is 3. The molecule has 1 amide bonds. The zero-order chi connectivity index (χ0) is 9.26. The first kappa shape index (κ1) is 8.03. The smallest absolute Gasteiger partial charge is 0.404 e. The van der Waals surface area contributed by atoms with E-state index >= 15 is 0 Å². The minimum Gasteiger partial charge on any atom is -0.446 e. The number of carbonyl (C=O) groups is 1. The molecule has 3 N–H and O–H groups in total. The number of primary amides is 1. The molecule has 1 saturated carbocycles. The fourth-order valence-corrected chi connectivity index (χ4v) is 1.46. The van der Waals surface area contributed by atoms with Gasteiger partial charge in [0.15, 0.2) is 0 Å². The van der Waals surface area contributed by atoms with E-state index in [2.05, 4.69) is 15.2 Å². The van der Waals surface area contributed by atoms with Crippen molar-refractivity contribution in [3.63, 3.8) is 0 Å². The number of carbonyl (C=O) groups excluding carboxylic acids is 1. The highest BCUT2D eigenvalue weighted by Crippen LogP contribution is 2.36. The summed E-state index contributed by atoms with van der Waals surface area (Å²) in [6.07, 6.45) is 2.34. The number of nitrogens with two attached hydrogens (primary N) is 1. The molecule has 2 rings (SSSR count). The number of hydrogen-bond donors (Lipinski definition) is 2. The Morgan fingerprint density at radius 3 is 3.00 bits per heavy atom. The number of aromatic amines is 1. The fourth-order valence-electron chi connectivity index (χ4n) is 1.46. The third-order valence-electron chi connectivity index (χ3n) is 2.20. The summed E-state index contributed by atoms with van der Waals surface area (Å²) in [6, 6.07) is 0. The molecule has 0 spiro atoms. The van der Waals surface area contributed by atoms with Gasteiger partial charge >= 0.3 is 6.09 Å². The minimum atomic E-state index is -0.707. The van der Waals surface area contributed by atoms with Crippen LogP contribution in [0.15, 0.2) is 6.33 Å². The van der Waals surface area contributed by atoms with Crippen LogP contribution in [0.2, 0.25) is 0 Å². The molecule has 70 valence electrons. The zero-order valence-corrected chi connectivity index (χ0v) is 6.93. The molecule has 13 heavy (non-hydrogen) atoms. The Balaban J connectivity index is 1.82. The molecule has 0 aliphatic heterocycles. The number of rotatable bonds is 2. The van der Waals surface area contributed by atoms with Gasteiger partial charge in [0.25, 0.3) is 0 Å². The molecule has 6 nitrogen and oxygen atoms in total. The molecular formula is C7H10N4O2. The third kappa shape index (κ3) is 1.61. The fraction of sp³-hybridized carbons (Fsp3) is 0.571. The highest BCUT2D eigenvalue weighted by Gasteiger charge is 2.34. The van der Waals surface area contributed by atoms with Crippen LogP contribution in [0.25, 0.3) is 0 Å². The molecule has 1 aromatic rings. The Morgan fingerprint density at radius 1 is 1.69 bits per heavy atom. The van der Waals surface area contributed by atoms with E-state index in [-0.39, 0.29) is 6.10 Å². The van der Waals surface area contributed by atoms with E-state index in [0.717, 1.165) is 18.7 Å². The van der Waals surface area contributed by atoms with Crippen molar-refractivity contribution in [1.82, 2.24) is 15.2 Å². The Bertz CT molecular complexity index is 291. The number of hydrogen-bond acceptors (Lipinski definition) is 4. The molecule has 0 atom stereocenters. The van der Waals surface area contributed by atoms with E-state index in [9.17, 15) is 4.79 Å². The van der Waals surface area contributed by atoms with Crippen molar-refractivity contribution in [3.05, 3.63) is 12.2 Å². The van der Waals surface area contributed by atoms with E-state index in [4.69, 9.17) is 10.5 Å². The second kappa shape index (κ2) is 3.04. The molecule has 1 aromatic heterocycles. The maximum atomic E-state index is 10.4. The van der Waals surface area contributed by atoms with E-state index in [0.29, 0.717) is 5.92 Å². The van der Waals surface area contributed by atoms with Gasteiger partial charge in [0, 0.05) is 5.92 Å². The molecule has 1 fully saturated rings. The van der Waals surface area contributed by atoms with Crippen molar-refractivity contribution in [2.75, 3.05) is 0 Å². The standard InChI is InChI=1S/C7H10N4O2/c8-7(12)13-5-1-4(2-5)6-9-3-10-11-6/h3-5H,1-2H2,(H2,8,12)(H,9,10,11). The van der Waals surface area contributed by atoms with Crippen molar-refractivity contribution in [2.45, 2.75) is 24.9 Å². The number of H-pyrrole nitrogens is 1. The average Bonchev–Trinajstić information content (AvgIpc) is 2.46. The zero-order valence-electron chi connectivity index (χ0n) is 6.93. The van der Waals surface area contributed by atoms with E-state index in [1.165, 1.54) is 6.33 Å². The van der Waals surface area contributed by atoms with Crippen molar-refractivity contribution < 1.29 is 9.53 Å². The molecule has 6 heteroatoms. The van der Waals surface area contributed by atoms with Crippen LogP contribution >= 0.6 is 0 Å². The van der Waals surface area contributed by atoms with Crippen LogP contribution in [0, 0.1) is 0 Å². The van der Waals surface area contributed by atoms with Gasteiger partial charge in [-0.3, -0.25) is 0 Å². The van der Waals surface area contributed by atoms with Gasteiger partial charge in [0.1, 0.15) is 18.3 Å². The van der Waals surface area contributed by atoms with E-state index in [1.807, 2.05) is 0 Å². The molecule has 1 aliphatic rings. The van der Waals surface area contributed by atoms with E-state index < -0.39 is 6.09 Å². The largest absolute Gasteiger partial charge is 0.446 e. The molecule has 0 aromatic carbocycles. The van der Waals surface area contributed by atoms with Crippen LogP contribution in [-0.2, 0) is 4.74 Å². The van der Waals surface area contributed by atoms with Gasteiger partial charge in [-0.15, -0.1) is 10.2 Å². The lowest BCUT2D eigenvalue weighted by Crippen LogP contribution is -2.34. The SMILES string of the molecule is NC(=O)OC1CC(c2nnc[nH]2)C1. The Kier molecular flexibility index (Phi) is 1.88. The van der Waals surface area contributed by atoms with Crippen LogP contribution < -0.4 is 5.73 Å². The average molecular weight is 182 g/mol. The predicted octanol–water partition coefficient (Wildman–Crippen LogP) is 0.146. The minimum absolute atomic E-state index is 0.0485. The van der Waals surface area contributed by atoms with Crippen LogP contribution in [0.5, 0.6) is 0 Å². The predicted molar refractivity (Wildman–Crippen MR) is 42.8 cm³/mol. The number of ether oxygens (including phenoxy) is 1. The lowest BCUT2D eigenvalue weighted by molar-refractivity contribution is 0.0435. The van der Waals surface area contributed by atoms with Crippen LogP contribution in [-0.4, -0.2) is 27.4 Å². The third-order valence-corrected chi connectivity index (χ3v) is 2.20. The van der Waals surface area contributed by atoms with Crippen molar-refractivity contribution >= 4 is 6.09 Å². The number of nitrogens with zero attached hydrogens (tertiary/aromatic N) is 2.